The third-order valence-corrected chi connectivity index (χ3v) is 3.24. The largest absolute Gasteiger partial charge is 0.350 e. The molecule has 0 aliphatic carbocycles. The van der Waals surface area contributed by atoms with E-state index in [2.05, 4.69) is 62.2 Å². The lowest BCUT2D eigenvalue weighted by Crippen LogP contribution is -2.34. The van der Waals surface area contributed by atoms with E-state index < -0.39 is 0 Å². The second-order valence-electron chi connectivity index (χ2n) is 4.38. The third kappa shape index (κ3) is 4.00. The van der Waals surface area contributed by atoms with E-state index in [4.69, 9.17) is 12.2 Å². The van der Waals surface area contributed by atoms with E-state index >= 15 is 0 Å². The van der Waals surface area contributed by atoms with Gasteiger partial charge in [-0.1, -0.05) is 26.0 Å². The highest BCUT2D eigenvalue weighted by Gasteiger charge is 2.05. The van der Waals surface area contributed by atoms with Crippen molar-refractivity contribution in [3.05, 3.63) is 29.8 Å². The van der Waals surface area contributed by atoms with Crippen LogP contribution in [-0.2, 0) is 0 Å². The molecule has 0 amide bonds. The van der Waals surface area contributed by atoms with Crippen LogP contribution in [0.25, 0.3) is 0 Å². The minimum Gasteiger partial charge on any atom is -0.350 e. The molecule has 0 unspecified atom stereocenters. The molecule has 3 heteroatoms. The van der Waals surface area contributed by atoms with Gasteiger partial charge in [0.1, 0.15) is 0 Å². The van der Waals surface area contributed by atoms with Crippen molar-refractivity contribution in [1.82, 2.24) is 4.90 Å². The van der Waals surface area contributed by atoms with Crippen molar-refractivity contribution < 1.29 is 0 Å². The monoisotopic (exact) mass is 250 g/mol. The van der Waals surface area contributed by atoms with Crippen LogP contribution in [0.1, 0.15) is 39.2 Å². The molecule has 0 fully saturated rings. The Bertz CT molecular complexity index is 353. The fourth-order valence-corrected chi connectivity index (χ4v) is 2.04. The number of hydrogen-bond donors (Lipinski definition) is 1. The number of anilines is 1. The minimum atomic E-state index is 0.568. The average Bonchev–Trinajstić information content (AvgIpc) is 2.31. The number of hydrogen-bond acceptors (Lipinski definition) is 1. The van der Waals surface area contributed by atoms with E-state index in [-0.39, 0.29) is 0 Å². The first kappa shape index (κ1) is 14.0. The van der Waals surface area contributed by atoms with Crippen LogP contribution in [0.15, 0.2) is 24.3 Å². The molecular formula is C14H22N2S. The summed E-state index contributed by atoms with van der Waals surface area (Å²) in [7, 11) is 0. The van der Waals surface area contributed by atoms with E-state index in [1.807, 2.05) is 0 Å². The maximum atomic E-state index is 5.36. The highest BCUT2D eigenvalue weighted by molar-refractivity contribution is 7.80. The summed E-state index contributed by atoms with van der Waals surface area (Å²) in [5.41, 5.74) is 2.41. The summed E-state index contributed by atoms with van der Waals surface area (Å²) >= 11 is 5.36. The summed E-state index contributed by atoms with van der Waals surface area (Å²) in [4.78, 5) is 2.13. The number of rotatable bonds is 4. The molecule has 1 rings (SSSR count). The van der Waals surface area contributed by atoms with E-state index in [1.165, 1.54) is 5.56 Å². The van der Waals surface area contributed by atoms with Gasteiger partial charge in [-0.15, -0.1) is 0 Å². The zero-order valence-electron chi connectivity index (χ0n) is 11.2. The van der Waals surface area contributed by atoms with E-state index in [0.717, 1.165) is 23.9 Å². The lowest BCUT2D eigenvalue weighted by Gasteiger charge is -2.22. The quantitative estimate of drug-likeness (QED) is 0.817. The molecule has 0 atom stereocenters. The van der Waals surface area contributed by atoms with Gasteiger partial charge in [0.15, 0.2) is 5.11 Å². The smallest absolute Gasteiger partial charge is 0.173 e. The Kier molecular flexibility index (Phi) is 5.42. The highest BCUT2D eigenvalue weighted by atomic mass is 32.1. The zero-order valence-corrected chi connectivity index (χ0v) is 12.0. The molecule has 94 valence electrons. The lowest BCUT2D eigenvalue weighted by atomic mass is 10.0. The van der Waals surface area contributed by atoms with Gasteiger partial charge in [-0.25, -0.2) is 0 Å². The van der Waals surface area contributed by atoms with Crippen molar-refractivity contribution in [2.45, 2.75) is 33.6 Å². The molecule has 0 spiro atoms. The number of nitrogens with one attached hydrogen (secondary N) is 1. The lowest BCUT2D eigenvalue weighted by molar-refractivity contribution is 0.473. The SMILES string of the molecule is CCN(CC)C(=S)Nc1ccc(C(C)C)cc1. The Morgan fingerprint density at radius 2 is 1.71 bits per heavy atom. The van der Waals surface area contributed by atoms with Crippen LogP contribution in [0.5, 0.6) is 0 Å². The first-order chi connectivity index (χ1) is 8.08. The Balaban J connectivity index is 2.66. The highest BCUT2D eigenvalue weighted by Crippen LogP contribution is 2.17. The minimum absolute atomic E-state index is 0.568. The standard InChI is InChI=1S/C14H22N2S/c1-5-16(6-2)14(17)15-13-9-7-12(8-10-13)11(3)4/h7-11H,5-6H2,1-4H3,(H,15,17). The molecule has 1 N–H and O–H groups in total. The predicted molar refractivity (Wildman–Crippen MR) is 79.7 cm³/mol. The molecule has 0 aliphatic rings. The Morgan fingerprint density at radius 1 is 1.18 bits per heavy atom. The van der Waals surface area contributed by atoms with Gasteiger partial charge in [0.25, 0.3) is 0 Å². The van der Waals surface area contributed by atoms with Crippen LogP contribution in [0.4, 0.5) is 5.69 Å². The Labute approximate surface area is 110 Å². The van der Waals surface area contributed by atoms with Gasteiger partial charge in [-0.2, -0.15) is 0 Å². The van der Waals surface area contributed by atoms with Gasteiger partial charge < -0.3 is 10.2 Å². The second-order valence-corrected chi connectivity index (χ2v) is 4.77. The normalized spacial score (nSPS) is 10.4. The number of nitrogens with zero attached hydrogens (tertiary/aromatic N) is 1. The molecule has 0 bridgehead atoms. The van der Waals surface area contributed by atoms with Gasteiger partial charge in [0, 0.05) is 18.8 Å². The van der Waals surface area contributed by atoms with E-state index in [9.17, 15) is 0 Å². The second kappa shape index (κ2) is 6.60. The molecule has 0 aliphatic heterocycles. The van der Waals surface area contributed by atoms with Crippen molar-refractivity contribution in [2.75, 3.05) is 18.4 Å². The van der Waals surface area contributed by atoms with Crippen LogP contribution in [0.2, 0.25) is 0 Å². The van der Waals surface area contributed by atoms with Crippen molar-refractivity contribution >= 4 is 23.0 Å². The summed E-state index contributed by atoms with van der Waals surface area (Å²) < 4.78 is 0. The van der Waals surface area contributed by atoms with Crippen LogP contribution >= 0.6 is 12.2 Å². The molecule has 1 aromatic rings. The summed E-state index contributed by atoms with van der Waals surface area (Å²) in [6.45, 7) is 10.5. The van der Waals surface area contributed by atoms with Crippen molar-refractivity contribution in [3.8, 4) is 0 Å². The molecular weight excluding hydrogens is 228 g/mol. The summed E-state index contributed by atoms with van der Waals surface area (Å²) in [5.74, 6) is 0.568. The molecule has 0 saturated carbocycles. The summed E-state index contributed by atoms with van der Waals surface area (Å²) in [5, 5.41) is 4.07. The molecule has 0 radical (unpaired) electrons. The van der Waals surface area contributed by atoms with Crippen molar-refractivity contribution in [2.24, 2.45) is 0 Å². The first-order valence-electron chi connectivity index (χ1n) is 6.24. The molecule has 0 heterocycles. The third-order valence-electron chi connectivity index (χ3n) is 2.88. The first-order valence-corrected chi connectivity index (χ1v) is 6.65. The fraction of sp³-hybridized carbons (Fsp3) is 0.500. The van der Waals surface area contributed by atoms with Gasteiger partial charge in [-0.3, -0.25) is 0 Å². The van der Waals surface area contributed by atoms with Gasteiger partial charge in [0.2, 0.25) is 0 Å². The Morgan fingerprint density at radius 3 is 2.12 bits per heavy atom. The van der Waals surface area contributed by atoms with E-state index in [0.29, 0.717) is 5.92 Å². The van der Waals surface area contributed by atoms with Gasteiger partial charge in [-0.05, 0) is 49.7 Å². The average molecular weight is 250 g/mol. The topological polar surface area (TPSA) is 15.3 Å². The fourth-order valence-electron chi connectivity index (χ4n) is 1.66. The molecule has 17 heavy (non-hydrogen) atoms. The molecule has 1 aromatic carbocycles. The maximum Gasteiger partial charge on any atom is 0.173 e. The predicted octanol–water partition coefficient (Wildman–Crippen LogP) is 3.85. The van der Waals surface area contributed by atoms with E-state index in [1.54, 1.807) is 0 Å². The Hall–Kier alpha value is -1.09. The van der Waals surface area contributed by atoms with Crippen LogP contribution in [0, 0.1) is 0 Å². The van der Waals surface area contributed by atoms with Crippen molar-refractivity contribution in [1.29, 1.82) is 0 Å². The van der Waals surface area contributed by atoms with Gasteiger partial charge in [0.05, 0.1) is 0 Å². The van der Waals surface area contributed by atoms with Crippen LogP contribution < -0.4 is 5.32 Å². The maximum absolute atomic E-state index is 5.36. The molecule has 2 nitrogen and oxygen atoms in total. The van der Waals surface area contributed by atoms with Crippen molar-refractivity contribution in [3.63, 3.8) is 0 Å². The zero-order chi connectivity index (χ0) is 12.8. The van der Waals surface area contributed by atoms with Crippen LogP contribution in [0.3, 0.4) is 0 Å². The molecule has 0 aromatic heterocycles. The summed E-state index contributed by atoms with van der Waals surface area (Å²) in [6, 6.07) is 8.48. The summed E-state index contributed by atoms with van der Waals surface area (Å²) in [6.07, 6.45) is 0. The number of thiocarbonyl (C=S) groups is 1. The van der Waals surface area contributed by atoms with Crippen LogP contribution in [-0.4, -0.2) is 23.1 Å². The van der Waals surface area contributed by atoms with Gasteiger partial charge >= 0.3 is 0 Å². The number of benzene rings is 1. The molecule has 0 saturated heterocycles.